The van der Waals surface area contributed by atoms with Gasteiger partial charge < -0.3 is 10.6 Å². The maximum atomic E-state index is 13.2. The molecule has 2 aromatic rings. The molecule has 0 spiro atoms. The minimum Gasteiger partial charge on any atom is -0.343 e. The molecule has 11 heteroatoms. The second-order valence-electron chi connectivity index (χ2n) is 7.84. The molecule has 1 aliphatic heterocycles. The molecule has 2 aromatic carbocycles. The third-order valence-electron chi connectivity index (χ3n) is 5.38. The number of non-ortho nitro benzene ring substituents is 1. The van der Waals surface area contributed by atoms with Gasteiger partial charge in [0.25, 0.3) is 11.6 Å². The first-order valence-electron chi connectivity index (χ1n) is 10.6. The fourth-order valence-corrected chi connectivity index (χ4v) is 5.37. The van der Waals surface area contributed by atoms with E-state index in [0.717, 1.165) is 31.7 Å². The van der Waals surface area contributed by atoms with Gasteiger partial charge in [0.1, 0.15) is 0 Å². The summed E-state index contributed by atoms with van der Waals surface area (Å²) < 4.78 is 27.8. The van der Waals surface area contributed by atoms with Gasteiger partial charge in [0.05, 0.1) is 16.4 Å². The normalized spacial score (nSPS) is 14.8. The number of benzene rings is 2. The zero-order valence-corrected chi connectivity index (χ0v) is 19.1. The molecule has 0 aromatic heterocycles. The molecule has 2 amide bonds. The molecule has 2 N–H and O–H groups in total. The molecule has 3 rings (SSSR count). The Bertz CT molecular complexity index is 1160. The topological polar surface area (TPSA) is 139 Å². The van der Waals surface area contributed by atoms with E-state index in [-0.39, 0.29) is 22.7 Å². The van der Waals surface area contributed by atoms with Crippen molar-refractivity contribution in [2.24, 2.45) is 0 Å². The molecule has 0 bridgehead atoms. The first kappa shape index (κ1) is 24.3. The summed E-state index contributed by atoms with van der Waals surface area (Å²) in [6.45, 7) is 2.27. The Morgan fingerprint density at radius 3 is 2.42 bits per heavy atom. The van der Waals surface area contributed by atoms with Crippen molar-refractivity contribution in [1.29, 1.82) is 0 Å². The van der Waals surface area contributed by atoms with Crippen molar-refractivity contribution in [3.05, 3.63) is 63.7 Å². The molecule has 1 aliphatic rings. The van der Waals surface area contributed by atoms with E-state index >= 15 is 0 Å². The highest BCUT2D eigenvalue weighted by atomic mass is 32.2. The maximum Gasteiger partial charge on any atom is 0.270 e. The minimum absolute atomic E-state index is 0.0539. The number of nitro groups is 1. The van der Waals surface area contributed by atoms with Gasteiger partial charge in [0.2, 0.25) is 15.9 Å². The van der Waals surface area contributed by atoms with Crippen LogP contribution in [0.25, 0.3) is 0 Å². The van der Waals surface area contributed by atoms with E-state index in [1.165, 1.54) is 28.6 Å². The number of anilines is 1. The average molecular weight is 475 g/mol. The molecule has 1 heterocycles. The van der Waals surface area contributed by atoms with E-state index in [1.807, 2.05) is 0 Å². The number of aryl methyl sites for hydroxylation is 1. The first-order chi connectivity index (χ1) is 15.7. The van der Waals surface area contributed by atoms with Gasteiger partial charge in [-0.15, -0.1) is 0 Å². The number of nitrogens with zero attached hydrogens (tertiary/aromatic N) is 2. The summed E-state index contributed by atoms with van der Waals surface area (Å²) >= 11 is 0. The SMILES string of the molecule is Cc1ccc(NC(=O)CNC(=O)c2cccc([N+](=O)[O-])c2)cc1S(=O)(=O)N1CCCCCC1. The molecule has 176 valence electrons. The van der Waals surface area contributed by atoms with Gasteiger partial charge >= 0.3 is 0 Å². The van der Waals surface area contributed by atoms with Crippen LogP contribution < -0.4 is 10.6 Å². The lowest BCUT2D eigenvalue weighted by molar-refractivity contribution is -0.384. The number of carbonyl (C=O) groups excluding carboxylic acids is 2. The Hall–Kier alpha value is -3.31. The van der Waals surface area contributed by atoms with Crippen LogP contribution in [0.3, 0.4) is 0 Å². The largest absolute Gasteiger partial charge is 0.343 e. The molecule has 1 fully saturated rings. The van der Waals surface area contributed by atoms with Crippen LogP contribution in [0.4, 0.5) is 11.4 Å². The zero-order valence-electron chi connectivity index (χ0n) is 18.2. The summed E-state index contributed by atoms with van der Waals surface area (Å²) in [5.74, 6) is -1.20. The number of carbonyl (C=O) groups is 2. The molecule has 0 atom stereocenters. The number of rotatable bonds is 7. The maximum absolute atomic E-state index is 13.2. The van der Waals surface area contributed by atoms with E-state index in [0.29, 0.717) is 24.3 Å². The molecule has 33 heavy (non-hydrogen) atoms. The predicted octanol–water partition coefficient (Wildman–Crippen LogP) is 2.84. The van der Waals surface area contributed by atoms with Crippen LogP contribution in [0.5, 0.6) is 0 Å². The standard InChI is InChI=1S/C22H26N4O6S/c1-16-9-10-18(14-20(16)33(31,32)25-11-4-2-3-5-12-25)24-21(27)15-23-22(28)17-7-6-8-19(13-17)26(29)30/h6-10,13-14H,2-5,11-12,15H2,1H3,(H,23,28)(H,24,27). The predicted molar refractivity (Wildman–Crippen MR) is 122 cm³/mol. The fraction of sp³-hybridized carbons (Fsp3) is 0.364. The van der Waals surface area contributed by atoms with E-state index in [9.17, 15) is 28.1 Å². The number of amides is 2. The Labute approximate surface area is 192 Å². The van der Waals surface area contributed by atoms with Crippen LogP contribution >= 0.6 is 0 Å². The number of hydrogen-bond donors (Lipinski definition) is 2. The van der Waals surface area contributed by atoms with Crippen LogP contribution in [-0.2, 0) is 14.8 Å². The summed E-state index contributed by atoms with van der Waals surface area (Å²) in [7, 11) is -3.69. The molecule has 0 aliphatic carbocycles. The molecule has 0 saturated carbocycles. The summed E-state index contributed by atoms with van der Waals surface area (Å²) in [6, 6.07) is 9.81. The van der Waals surface area contributed by atoms with Crippen molar-refractivity contribution in [1.82, 2.24) is 9.62 Å². The van der Waals surface area contributed by atoms with Crippen molar-refractivity contribution >= 4 is 33.2 Å². The van der Waals surface area contributed by atoms with Crippen molar-refractivity contribution in [2.75, 3.05) is 25.0 Å². The molecular formula is C22H26N4O6S. The molecule has 10 nitrogen and oxygen atoms in total. The van der Waals surface area contributed by atoms with Gasteiger partial charge in [-0.2, -0.15) is 4.31 Å². The van der Waals surface area contributed by atoms with Crippen LogP contribution in [0.2, 0.25) is 0 Å². The highest BCUT2D eigenvalue weighted by Crippen LogP contribution is 2.25. The molecular weight excluding hydrogens is 448 g/mol. The smallest absolute Gasteiger partial charge is 0.270 e. The summed E-state index contributed by atoms with van der Waals surface area (Å²) in [6.07, 6.45) is 3.64. The highest BCUT2D eigenvalue weighted by Gasteiger charge is 2.27. The monoisotopic (exact) mass is 474 g/mol. The summed E-state index contributed by atoms with van der Waals surface area (Å²) in [5, 5.41) is 15.8. The van der Waals surface area contributed by atoms with E-state index in [2.05, 4.69) is 10.6 Å². The van der Waals surface area contributed by atoms with E-state index in [4.69, 9.17) is 0 Å². The van der Waals surface area contributed by atoms with Gasteiger partial charge in [-0.25, -0.2) is 8.42 Å². The van der Waals surface area contributed by atoms with Crippen LogP contribution in [-0.4, -0.2) is 49.1 Å². The van der Waals surface area contributed by atoms with Crippen molar-refractivity contribution in [2.45, 2.75) is 37.5 Å². The lowest BCUT2D eigenvalue weighted by Crippen LogP contribution is -2.33. The summed E-state index contributed by atoms with van der Waals surface area (Å²) in [4.78, 5) is 34.9. The van der Waals surface area contributed by atoms with Crippen LogP contribution in [0.15, 0.2) is 47.4 Å². The minimum atomic E-state index is -3.69. The van der Waals surface area contributed by atoms with Gasteiger partial charge in [0, 0.05) is 36.5 Å². The van der Waals surface area contributed by atoms with Gasteiger partial charge in [-0.3, -0.25) is 19.7 Å². The van der Waals surface area contributed by atoms with Gasteiger partial charge in [-0.1, -0.05) is 25.0 Å². The second kappa shape index (κ2) is 10.5. The third-order valence-corrected chi connectivity index (χ3v) is 7.42. The van der Waals surface area contributed by atoms with Crippen LogP contribution in [0, 0.1) is 17.0 Å². The summed E-state index contributed by atoms with van der Waals surface area (Å²) in [5.41, 5.74) is 0.697. The quantitative estimate of drug-likeness (QED) is 0.467. The van der Waals surface area contributed by atoms with E-state index in [1.54, 1.807) is 19.1 Å². The average Bonchev–Trinajstić information content (AvgIpc) is 3.09. The number of sulfonamides is 1. The van der Waals surface area contributed by atoms with Gasteiger partial charge in [0.15, 0.2) is 0 Å². The number of hydrogen-bond acceptors (Lipinski definition) is 6. The second-order valence-corrected chi connectivity index (χ2v) is 9.74. The van der Waals surface area contributed by atoms with Crippen molar-refractivity contribution < 1.29 is 22.9 Å². The number of nitrogens with one attached hydrogen (secondary N) is 2. The molecule has 0 unspecified atom stereocenters. The Morgan fingerprint density at radius 2 is 1.76 bits per heavy atom. The van der Waals surface area contributed by atoms with Gasteiger partial charge in [-0.05, 0) is 43.5 Å². The van der Waals surface area contributed by atoms with E-state index < -0.39 is 26.8 Å². The highest BCUT2D eigenvalue weighted by molar-refractivity contribution is 7.89. The molecule has 0 radical (unpaired) electrons. The first-order valence-corrected chi connectivity index (χ1v) is 12.1. The number of nitro benzene ring substituents is 1. The van der Waals surface area contributed by atoms with Crippen LogP contribution in [0.1, 0.15) is 41.6 Å². The lowest BCUT2D eigenvalue weighted by Gasteiger charge is -2.21. The third kappa shape index (κ3) is 6.14. The zero-order chi connectivity index (χ0) is 24.0. The lowest BCUT2D eigenvalue weighted by atomic mass is 10.2. The Balaban J connectivity index is 1.66. The molecule has 1 saturated heterocycles. The Kier molecular flexibility index (Phi) is 7.77. The van der Waals surface area contributed by atoms with Crippen molar-refractivity contribution in [3.8, 4) is 0 Å². The van der Waals surface area contributed by atoms with Crippen molar-refractivity contribution in [3.63, 3.8) is 0 Å². The fourth-order valence-electron chi connectivity index (χ4n) is 3.61. The Morgan fingerprint density at radius 1 is 1.06 bits per heavy atom.